The molecule has 1 aliphatic carbocycles. The predicted molar refractivity (Wildman–Crippen MR) is 76.2 cm³/mol. The van der Waals surface area contributed by atoms with Crippen molar-refractivity contribution in [2.45, 2.75) is 0 Å². The van der Waals surface area contributed by atoms with Crippen LogP contribution in [-0.2, 0) is 4.79 Å². The summed E-state index contributed by atoms with van der Waals surface area (Å²) in [7, 11) is 0. The van der Waals surface area contributed by atoms with Gasteiger partial charge >= 0.3 is 0 Å². The van der Waals surface area contributed by atoms with Crippen LogP contribution in [0.2, 0.25) is 0 Å². The first-order chi connectivity index (χ1) is 8.24. The minimum absolute atomic E-state index is 0.0248. The molecule has 0 atom stereocenters. The summed E-state index contributed by atoms with van der Waals surface area (Å²) in [6, 6.07) is 5.97. The molecule has 2 nitrogen and oxygen atoms in total. The second-order valence-corrected chi connectivity index (χ2v) is 5.17. The van der Waals surface area contributed by atoms with Crippen molar-refractivity contribution in [2.75, 3.05) is 5.32 Å². The first-order valence-corrected chi connectivity index (χ1v) is 6.36. The first-order valence-electron chi connectivity index (χ1n) is 5.29. The number of fused-ring (bicyclic) bond motifs is 1. The lowest BCUT2D eigenvalue weighted by atomic mass is 10.00. The number of amides is 1. The number of hydrogen-bond donors (Lipinski definition) is 1. The highest BCUT2D eigenvalue weighted by Gasteiger charge is 2.26. The zero-order valence-corrected chi connectivity index (χ0v) is 11.1. The van der Waals surface area contributed by atoms with Gasteiger partial charge < -0.3 is 5.32 Å². The van der Waals surface area contributed by atoms with Crippen molar-refractivity contribution in [3.63, 3.8) is 0 Å². The fraction of sp³-hybridized carbons (Fsp3) is 0. The number of carbonyl (C=O) groups is 1. The van der Waals surface area contributed by atoms with Crippen LogP contribution < -0.4 is 5.32 Å². The lowest BCUT2D eigenvalue weighted by Crippen LogP contribution is -2.04. The first kappa shape index (κ1) is 11.3. The smallest absolute Gasteiger partial charge is 0.256 e. The fourth-order valence-electron chi connectivity index (χ4n) is 1.96. The van der Waals surface area contributed by atoms with E-state index in [2.05, 4.69) is 27.9 Å². The van der Waals surface area contributed by atoms with Crippen LogP contribution in [-0.4, -0.2) is 5.91 Å². The van der Waals surface area contributed by atoms with E-state index >= 15 is 0 Å². The molecule has 1 fully saturated rings. The van der Waals surface area contributed by atoms with Crippen molar-refractivity contribution in [3.05, 3.63) is 65.0 Å². The minimum Gasteiger partial charge on any atom is -0.321 e. The quantitative estimate of drug-likeness (QED) is 0.621. The normalized spacial score (nSPS) is 21.9. The molecule has 0 bridgehead atoms. The van der Waals surface area contributed by atoms with Crippen LogP contribution in [0, 0.1) is 35.2 Å². The highest BCUT2D eigenvalue weighted by atomic mass is 127. The number of carbonyl (C=O) groups excluding carboxylic acids is 1. The van der Waals surface area contributed by atoms with Crippen molar-refractivity contribution >= 4 is 39.8 Å². The molecule has 3 heteroatoms. The Balaban J connectivity index is 2.00. The van der Waals surface area contributed by atoms with Gasteiger partial charge in [0.05, 0.1) is 0 Å². The van der Waals surface area contributed by atoms with Gasteiger partial charge in [0.1, 0.15) is 0 Å². The Bertz CT molecular complexity index is 501. The SMILES string of the molecule is O=C1Nc2ccc(I)cc2/C1=C/[C]1[CH][CH][CH][CH]1. The van der Waals surface area contributed by atoms with E-state index in [4.69, 9.17) is 0 Å². The summed E-state index contributed by atoms with van der Waals surface area (Å²) < 4.78 is 1.13. The van der Waals surface area contributed by atoms with Gasteiger partial charge in [0.2, 0.25) is 0 Å². The number of allylic oxidation sites excluding steroid dienone is 1. The van der Waals surface area contributed by atoms with E-state index in [0.717, 1.165) is 26.3 Å². The third-order valence-corrected chi connectivity index (χ3v) is 3.44. The third-order valence-electron chi connectivity index (χ3n) is 2.76. The molecule has 1 amide bonds. The molecule has 17 heavy (non-hydrogen) atoms. The van der Waals surface area contributed by atoms with Crippen molar-refractivity contribution in [1.29, 1.82) is 0 Å². The van der Waals surface area contributed by atoms with Crippen LogP contribution in [0.4, 0.5) is 5.69 Å². The number of benzene rings is 1. The summed E-state index contributed by atoms with van der Waals surface area (Å²) in [6.07, 6.45) is 9.85. The summed E-state index contributed by atoms with van der Waals surface area (Å²) in [4.78, 5) is 11.9. The molecule has 2 aliphatic rings. The minimum atomic E-state index is -0.0248. The van der Waals surface area contributed by atoms with Crippen LogP contribution >= 0.6 is 22.6 Å². The Hall–Kier alpha value is -0.840. The van der Waals surface area contributed by atoms with Gasteiger partial charge in [0.15, 0.2) is 0 Å². The Kier molecular flexibility index (Phi) is 2.94. The van der Waals surface area contributed by atoms with Gasteiger partial charge in [-0.3, -0.25) is 4.79 Å². The highest BCUT2D eigenvalue weighted by molar-refractivity contribution is 14.1. The van der Waals surface area contributed by atoms with Crippen LogP contribution in [0.15, 0.2) is 24.3 Å². The number of nitrogens with one attached hydrogen (secondary N) is 1. The Morgan fingerprint density at radius 1 is 1.18 bits per heavy atom. The third kappa shape index (κ3) is 2.12. The topological polar surface area (TPSA) is 29.1 Å². The molecule has 1 aromatic rings. The largest absolute Gasteiger partial charge is 0.321 e. The highest BCUT2D eigenvalue weighted by Crippen LogP contribution is 2.36. The maximum atomic E-state index is 11.9. The Morgan fingerprint density at radius 3 is 2.71 bits per heavy atom. The monoisotopic (exact) mass is 334 g/mol. The van der Waals surface area contributed by atoms with Crippen LogP contribution in [0.3, 0.4) is 0 Å². The molecule has 1 aliphatic heterocycles. The fourth-order valence-corrected chi connectivity index (χ4v) is 2.45. The molecule has 0 spiro atoms. The summed E-state index contributed by atoms with van der Waals surface area (Å²) in [5.41, 5.74) is 2.63. The standard InChI is InChI=1S/C14H9INO/c15-10-5-6-13-11(8-10)12(14(17)16-13)7-9-3-1-2-4-9/h1-8H,(H,16,17)/b12-7-. The second kappa shape index (κ2) is 4.44. The second-order valence-electron chi connectivity index (χ2n) is 3.92. The van der Waals surface area contributed by atoms with Crippen LogP contribution in [0.5, 0.6) is 0 Å². The number of halogens is 1. The van der Waals surface area contributed by atoms with E-state index in [1.54, 1.807) is 0 Å². The average Bonchev–Trinajstić information content (AvgIpc) is 2.90. The number of anilines is 1. The van der Waals surface area contributed by atoms with E-state index in [0.29, 0.717) is 0 Å². The molecular weight excluding hydrogens is 325 g/mol. The molecule has 0 unspecified atom stereocenters. The Morgan fingerprint density at radius 2 is 1.94 bits per heavy atom. The molecule has 1 N–H and O–H groups in total. The summed E-state index contributed by atoms with van der Waals surface area (Å²) >= 11 is 2.25. The van der Waals surface area contributed by atoms with E-state index in [9.17, 15) is 4.79 Å². The van der Waals surface area contributed by atoms with Gasteiger partial charge in [0.25, 0.3) is 5.91 Å². The molecule has 1 aromatic carbocycles. The van der Waals surface area contributed by atoms with Crippen molar-refractivity contribution in [1.82, 2.24) is 0 Å². The molecule has 0 saturated heterocycles. The van der Waals surface area contributed by atoms with Gasteiger partial charge in [0, 0.05) is 26.3 Å². The molecule has 3 rings (SSSR count). The van der Waals surface area contributed by atoms with Gasteiger partial charge in [-0.1, -0.05) is 6.08 Å². The zero-order chi connectivity index (χ0) is 11.8. The van der Waals surface area contributed by atoms with Gasteiger partial charge in [-0.05, 0) is 66.5 Å². The number of hydrogen-bond acceptors (Lipinski definition) is 1. The molecular formula is C14H9INO. The van der Waals surface area contributed by atoms with E-state index in [1.807, 2.05) is 50.0 Å². The lowest BCUT2D eigenvalue weighted by molar-refractivity contribution is -0.110. The van der Waals surface area contributed by atoms with Gasteiger partial charge in [-0.15, -0.1) is 0 Å². The number of rotatable bonds is 1. The van der Waals surface area contributed by atoms with Crippen LogP contribution in [0.25, 0.3) is 5.57 Å². The van der Waals surface area contributed by atoms with Gasteiger partial charge in [-0.2, -0.15) is 0 Å². The summed E-state index contributed by atoms with van der Waals surface area (Å²) in [5.74, 6) is 1.03. The van der Waals surface area contributed by atoms with Crippen molar-refractivity contribution < 1.29 is 4.79 Å². The maximum absolute atomic E-state index is 11.9. The summed E-state index contributed by atoms with van der Waals surface area (Å²) in [6.45, 7) is 0. The Labute approximate surface area is 115 Å². The van der Waals surface area contributed by atoms with Gasteiger partial charge in [-0.25, -0.2) is 0 Å². The molecule has 1 heterocycles. The maximum Gasteiger partial charge on any atom is 0.256 e. The van der Waals surface area contributed by atoms with Crippen molar-refractivity contribution in [2.24, 2.45) is 0 Å². The summed E-state index contributed by atoms with van der Waals surface area (Å²) in [5, 5.41) is 2.88. The molecule has 83 valence electrons. The molecule has 0 aromatic heterocycles. The molecule has 5 radical (unpaired) electrons. The lowest BCUT2D eigenvalue weighted by Gasteiger charge is -2.03. The average molecular weight is 334 g/mol. The van der Waals surface area contributed by atoms with E-state index in [-0.39, 0.29) is 5.91 Å². The molecule has 1 saturated carbocycles. The zero-order valence-electron chi connectivity index (χ0n) is 8.91. The van der Waals surface area contributed by atoms with Crippen LogP contribution in [0.1, 0.15) is 5.56 Å². The van der Waals surface area contributed by atoms with Crippen molar-refractivity contribution in [3.8, 4) is 0 Å². The van der Waals surface area contributed by atoms with E-state index in [1.165, 1.54) is 0 Å². The predicted octanol–water partition coefficient (Wildman–Crippen LogP) is 3.03. The van der Waals surface area contributed by atoms with E-state index < -0.39 is 0 Å².